The summed E-state index contributed by atoms with van der Waals surface area (Å²) in [5, 5.41) is 0. The van der Waals surface area contributed by atoms with Gasteiger partial charge in [0, 0.05) is 0 Å². The molecule has 0 aliphatic rings. The van der Waals surface area contributed by atoms with E-state index >= 15 is 0 Å². The van der Waals surface area contributed by atoms with E-state index in [1.54, 1.807) is 0 Å². The topological polar surface area (TPSA) is 48.1 Å². The van der Waals surface area contributed by atoms with E-state index < -0.39 is 13.2 Å². The molecule has 0 rings (SSSR count). The molecule has 0 aromatic carbocycles. The summed E-state index contributed by atoms with van der Waals surface area (Å²) in [5.74, 6) is 0. The van der Waals surface area contributed by atoms with Gasteiger partial charge in [0.1, 0.15) is 0 Å². The zero-order valence-electron chi connectivity index (χ0n) is 12.0. The van der Waals surface area contributed by atoms with Crippen molar-refractivity contribution >= 4 is 0 Å². The standard InChI is InChI=1S/4C3H8N.Ni/c4*1-2-3-4;/h4*4H,2-3H2,1H3;/q4*-1;+4. The normalized spacial score (nSPS) is 12.9. The van der Waals surface area contributed by atoms with Gasteiger partial charge in [0.2, 0.25) is 0 Å². The van der Waals surface area contributed by atoms with Gasteiger partial charge >= 0.3 is 110 Å². The molecule has 0 radical (unpaired) electrons. The minimum atomic E-state index is -1.36. The molecule has 4 nitrogen and oxygen atoms in total. The van der Waals surface area contributed by atoms with Crippen LogP contribution in [0.4, 0.5) is 0 Å². The Bertz CT molecular complexity index is 129. The van der Waals surface area contributed by atoms with E-state index in [1.807, 2.05) is 0 Å². The van der Waals surface area contributed by atoms with Crippen molar-refractivity contribution in [1.29, 1.82) is 0 Å². The van der Waals surface area contributed by atoms with Crippen molar-refractivity contribution in [2.75, 3.05) is 26.2 Å². The number of nitrogens with one attached hydrogen (secondary N) is 4. The SMILES string of the molecule is CCC[NH][Ni]([NH]CCC)([NH]CCC)[NH]CCC. The molecule has 0 aromatic heterocycles. The maximum atomic E-state index is 3.65. The van der Waals surface area contributed by atoms with Crippen LogP contribution in [0, 0.1) is 0 Å². The molecule has 4 N–H and O–H groups in total. The van der Waals surface area contributed by atoms with Crippen molar-refractivity contribution in [2.45, 2.75) is 53.4 Å². The fourth-order valence-electron chi connectivity index (χ4n) is 1.03. The van der Waals surface area contributed by atoms with Crippen molar-refractivity contribution in [3.05, 3.63) is 0 Å². The van der Waals surface area contributed by atoms with E-state index in [9.17, 15) is 0 Å². The van der Waals surface area contributed by atoms with E-state index in [2.05, 4.69) is 45.3 Å². The van der Waals surface area contributed by atoms with Crippen molar-refractivity contribution < 1.29 is 13.2 Å². The van der Waals surface area contributed by atoms with E-state index in [1.165, 1.54) is 0 Å². The molecule has 17 heavy (non-hydrogen) atoms. The molecule has 0 unspecified atom stereocenters. The Morgan fingerprint density at radius 1 is 0.529 bits per heavy atom. The second kappa shape index (κ2) is 11.4. The Morgan fingerprint density at radius 2 is 0.765 bits per heavy atom. The van der Waals surface area contributed by atoms with Crippen molar-refractivity contribution in [3.63, 3.8) is 0 Å². The maximum absolute atomic E-state index is 3.65. The van der Waals surface area contributed by atoms with Gasteiger partial charge < -0.3 is 0 Å². The molecule has 0 aliphatic carbocycles. The molecule has 0 atom stereocenters. The van der Waals surface area contributed by atoms with Crippen LogP contribution in [0.25, 0.3) is 0 Å². The summed E-state index contributed by atoms with van der Waals surface area (Å²) in [6, 6.07) is 0. The molecule has 0 amide bonds. The Labute approximate surface area is 111 Å². The zero-order valence-corrected chi connectivity index (χ0v) is 13.0. The van der Waals surface area contributed by atoms with Gasteiger partial charge in [0.15, 0.2) is 0 Å². The van der Waals surface area contributed by atoms with Gasteiger partial charge in [-0.05, 0) is 0 Å². The molecule has 0 aliphatic heterocycles. The molecule has 110 valence electrons. The molecule has 0 saturated carbocycles. The van der Waals surface area contributed by atoms with Crippen LogP contribution >= 0.6 is 0 Å². The van der Waals surface area contributed by atoms with E-state index in [0.717, 1.165) is 51.9 Å². The van der Waals surface area contributed by atoms with Crippen LogP contribution in [-0.4, -0.2) is 26.2 Å². The number of hydrogen-bond donors (Lipinski definition) is 4. The van der Waals surface area contributed by atoms with Crippen molar-refractivity contribution in [1.82, 2.24) is 17.6 Å². The van der Waals surface area contributed by atoms with Crippen LogP contribution in [0.1, 0.15) is 53.4 Å². The van der Waals surface area contributed by atoms with Crippen LogP contribution in [0.15, 0.2) is 0 Å². The minimum absolute atomic E-state index is 1.05. The van der Waals surface area contributed by atoms with Gasteiger partial charge in [-0.3, -0.25) is 0 Å². The summed E-state index contributed by atoms with van der Waals surface area (Å²) in [5.41, 5.74) is 0. The van der Waals surface area contributed by atoms with Crippen LogP contribution in [0.3, 0.4) is 0 Å². The van der Waals surface area contributed by atoms with Crippen molar-refractivity contribution in [2.24, 2.45) is 0 Å². The molecular formula is C12H32N4Ni. The van der Waals surface area contributed by atoms with Crippen LogP contribution in [0.2, 0.25) is 0 Å². The average Bonchev–Trinajstić information content (AvgIpc) is 2.37. The predicted octanol–water partition coefficient (Wildman–Crippen LogP) is 1.80. The Balaban J connectivity index is 4.39. The van der Waals surface area contributed by atoms with Gasteiger partial charge in [0.05, 0.1) is 0 Å². The summed E-state index contributed by atoms with van der Waals surface area (Å²) in [6.45, 7) is 13.0. The third-order valence-corrected chi connectivity index (χ3v) is 5.07. The Kier molecular flexibility index (Phi) is 11.6. The number of hydrogen-bond acceptors (Lipinski definition) is 4. The molecule has 0 spiro atoms. The second-order valence-corrected chi connectivity index (χ2v) is 6.80. The summed E-state index contributed by atoms with van der Waals surface area (Å²) in [7, 11) is 0. The van der Waals surface area contributed by atoms with E-state index in [0.29, 0.717) is 0 Å². The van der Waals surface area contributed by atoms with Crippen molar-refractivity contribution in [3.8, 4) is 0 Å². The fraction of sp³-hybridized carbons (Fsp3) is 1.00. The monoisotopic (exact) mass is 290 g/mol. The van der Waals surface area contributed by atoms with E-state index in [-0.39, 0.29) is 0 Å². The molecule has 0 heterocycles. The van der Waals surface area contributed by atoms with Gasteiger partial charge in [-0.1, -0.05) is 0 Å². The summed E-state index contributed by atoms with van der Waals surface area (Å²) in [4.78, 5) is 0. The summed E-state index contributed by atoms with van der Waals surface area (Å²) < 4.78 is 14.6. The average molecular weight is 291 g/mol. The quantitative estimate of drug-likeness (QED) is 0.414. The molecule has 0 aromatic rings. The first kappa shape index (κ1) is 17.3. The first-order chi connectivity index (χ1) is 8.24. The number of rotatable bonds is 12. The molecule has 0 bridgehead atoms. The fourth-order valence-corrected chi connectivity index (χ4v) is 4.24. The summed E-state index contributed by atoms with van der Waals surface area (Å²) in [6.07, 6.45) is 4.64. The van der Waals surface area contributed by atoms with Crippen LogP contribution < -0.4 is 17.6 Å². The molecule has 5 heteroatoms. The Morgan fingerprint density at radius 3 is 0.941 bits per heavy atom. The van der Waals surface area contributed by atoms with Gasteiger partial charge in [-0.15, -0.1) is 0 Å². The van der Waals surface area contributed by atoms with Gasteiger partial charge in [-0.25, -0.2) is 0 Å². The zero-order chi connectivity index (χ0) is 13.0. The van der Waals surface area contributed by atoms with E-state index in [4.69, 9.17) is 0 Å². The second-order valence-electron chi connectivity index (χ2n) is 3.92. The Hall–Kier alpha value is 0.334. The predicted molar refractivity (Wildman–Crippen MR) is 73.2 cm³/mol. The van der Waals surface area contributed by atoms with Crippen LogP contribution in [0.5, 0.6) is 0 Å². The third-order valence-electron chi connectivity index (χ3n) is 1.99. The first-order valence-electron chi connectivity index (χ1n) is 6.88. The third kappa shape index (κ3) is 8.12. The van der Waals surface area contributed by atoms with Gasteiger partial charge in [0.25, 0.3) is 0 Å². The molecular weight excluding hydrogens is 259 g/mol. The molecule has 0 saturated heterocycles. The first-order valence-corrected chi connectivity index (χ1v) is 8.85. The molecule has 0 fully saturated rings. The van der Waals surface area contributed by atoms with Crippen LogP contribution in [-0.2, 0) is 13.2 Å². The van der Waals surface area contributed by atoms with Gasteiger partial charge in [-0.2, -0.15) is 0 Å². The summed E-state index contributed by atoms with van der Waals surface area (Å²) >= 11 is -1.36.